The van der Waals surface area contributed by atoms with Crippen LogP contribution in [0.3, 0.4) is 0 Å². The standard InChI is InChI=1S/C8H6ClN3O3/c1-12-7(4(9)3-10-12)5-2-6(8(13)14)15-11-5/h2-3H,1H3,(H,13,14). The zero-order valence-electron chi connectivity index (χ0n) is 7.64. The molecule has 2 rings (SSSR count). The van der Waals surface area contributed by atoms with Crippen molar-refractivity contribution in [1.29, 1.82) is 0 Å². The molecule has 0 radical (unpaired) electrons. The van der Waals surface area contributed by atoms with Gasteiger partial charge in [-0.15, -0.1) is 0 Å². The van der Waals surface area contributed by atoms with Gasteiger partial charge in [-0.1, -0.05) is 16.8 Å². The number of aryl methyl sites for hydroxylation is 1. The lowest BCUT2D eigenvalue weighted by molar-refractivity contribution is 0.0652. The van der Waals surface area contributed by atoms with E-state index in [4.69, 9.17) is 16.7 Å². The van der Waals surface area contributed by atoms with Gasteiger partial charge in [-0.05, 0) is 0 Å². The summed E-state index contributed by atoms with van der Waals surface area (Å²) in [5, 5.41) is 16.5. The molecule has 1 N–H and O–H groups in total. The Morgan fingerprint density at radius 1 is 1.67 bits per heavy atom. The number of carboxylic acid groups (broad SMARTS) is 1. The number of aromatic carboxylic acids is 1. The quantitative estimate of drug-likeness (QED) is 0.839. The molecular weight excluding hydrogens is 222 g/mol. The lowest BCUT2D eigenvalue weighted by Gasteiger charge is -1.95. The van der Waals surface area contributed by atoms with Crippen molar-refractivity contribution < 1.29 is 14.4 Å². The van der Waals surface area contributed by atoms with E-state index in [2.05, 4.69) is 14.8 Å². The Morgan fingerprint density at radius 3 is 2.87 bits per heavy atom. The molecule has 15 heavy (non-hydrogen) atoms. The van der Waals surface area contributed by atoms with E-state index in [0.717, 1.165) is 0 Å². The Kier molecular flexibility index (Phi) is 2.20. The third-order valence-electron chi connectivity index (χ3n) is 1.86. The number of hydrogen-bond donors (Lipinski definition) is 1. The summed E-state index contributed by atoms with van der Waals surface area (Å²) in [5.74, 6) is -1.41. The molecular formula is C8H6ClN3O3. The second-order valence-electron chi connectivity index (χ2n) is 2.85. The van der Waals surface area contributed by atoms with Crippen LogP contribution in [0.15, 0.2) is 16.8 Å². The zero-order valence-corrected chi connectivity index (χ0v) is 8.39. The number of halogens is 1. The highest BCUT2D eigenvalue weighted by molar-refractivity contribution is 6.32. The molecule has 0 unspecified atom stereocenters. The molecule has 2 heterocycles. The van der Waals surface area contributed by atoms with Crippen molar-refractivity contribution in [2.45, 2.75) is 0 Å². The van der Waals surface area contributed by atoms with Crippen LogP contribution in [0.1, 0.15) is 10.6 Å². The minimum atomic E-state index is -1.17. The van der Waals surface area contributed by atoms with Crippen molar-refractivity contribution in [2.24, 2.45) is 7.05 Å². The van der Waals surface area contributed by atoms with Crippen LogP contribution in [0.25, 0.3) is 11.4 Å². The van der Waals surface area contributed by atoms with E-state index < -0.39 is 5.97 Å². The second kappa shape index (κ2) is 3.39. The SMILES string of the molecule is Cn1ncc(Cl)c1-c1cc(C(=O)O)on1. The molecule has 6 nitrogen and oxygen atoms in total. The fraction of sp³-hybridized carbons (Fsp3) is 0.125. The predicted octanol–water partition coefficient (Wildman–Crippen LogP) is 1.43. The Morgan fingerprint density at radius 2 is 2.40 bits per heavy atom. The van der Waals surface area contributed by atoms with Crippen LogP contribution in [-0.2, 0) is 7.05 Å². The summed E-state index contributed by atoms with van der Waals surface area (Å²) < 4.78 is 6.10. The summed E-state index contributed by atoms with van der Waals surface area (Å²) in [6, 6.07) is 1.30. The number of nitrogens with zero attached hydrogens (tertiary/aromatic N) is 3. The van der Waals surface area contributed by atoms with Crippen LogP contribution in [-0.4, -0.2) is 26.0 Å². The first-order chi connectivity index (χ1) is 7.09. The van der Waals surface area contributed by atoms with Gasteiger partial charge < -0.3 is 9.63 Å². The Bertz CT molecular complexity index is 497. The van der Waals surface area contributed by atoms with Crippen LogP contribution in [0.4, 0.5) is 0 Å². The maximum atomic E-state index is 10.6. The monoisotopic (exact) mass is 227 g/mol. The van der Waals surface area contributed by atoms with Crippen LogP contribution in [0.2, 0.25) is 5.02 Å². The third kappa shape index (κ3) is 1.59. The van der Waals surface area contributed by atoms with Crippen molar-refractivity contribution in [3.63, 3.8) is 0 Å². The summed E-state index contributed by atoms with van der Waals surface area (Å²) >= 11 is 5.86. The maximum Gasteiger partial charge on any atom is 0.374 e. The van der Waals surface area contributed by atoms with E-state index >= 15 is 0 Å². The van der Waals surface area contributed by atoms with Gasteiger partial charge in [0, 0.05) is 13.1 Å². The molecule has 0 bridgehead atoms. The minimum Gasteiger partial charge on any atom is -0.475 e. The number of aromatic nitrogens is 3. The van der Waals surface area contributed by atoms with Crippen LogP contribution in [0.5, 0.6) is 0 Å². The first-order valence-corrected chi connectivity index (χ1v) is 4.35. The van der Waals surface area contributed by atoms with Gasteiger partial charge in [-0.2, -0.15) is 5.10 Å². The van der Waals surface area contributed by atoms with Gasteiger partial charge in [-0.25, -0.2) is 4.79 Å². The second-order valence-corrected chi connectivity index (χ2v) is 3.25. The van der Waals surface area contributed by atoms with E-state index in [-0.39, 0.29) is 5.76 Å². The largest absolute Gasteiger partial charge is 0.475 e. The van der Waals surface area contributed by atoms with E-state index in [1.807, 2.05) is 0 Å². The molecule has 0 atom stereocenters. The van der Waals surface area contributed by atoms with E-state index in [1.54, 1.807) is 7.05 Å². The molecule has 7 heteroatoms. The van der Waals surface area contributed by atoms with Gasteiger partial charge in [0.15, 0.2) is 0 Å². The van der Waals surface area contributed by atoms with Gasteiger partial charge in [0.25, 0.3) is 0 Å². The molecule has 2 aromatic heterocycles. The molecule has 0 fully saturated rings. The Labute approximate surface area is 89.0 Å². The van der Waals surface area contributed by atoms with Crippen LogP contribution in [0, 0.1) is 0 Å². The first-order valence-electron chi connectivity index (χ1n) is 3.97. The maximum absolute atomic E-state index is 10.6. The molecule has 78 valence electrons. The first kappa shape index (κ1) is 9.72. The fourth-order valence-corrected chi connectivity index (χ4v) is 1.45. The molecule has 0 saturated heterocycles. The van der Waals surface area contributed by atoms with Gasteiger partial charge in [0.2, 0.25) is 5.76 Å². The summed E-state index contributed by atoms with van der Waals surface area (Å²) in [4.78, 5) is 10.6. The van der Waals surface area contributed by atoms with Crippen molar-refractivity contribution in [3.8, 4) is 11.4 Å². The van der Waals surface area contributed by atoms with Gasteiger partial charge >= 0.3 is 5.97 Å². The molecule has 0 aliphatic heterocycles. The summed E-state index contributed by atoms with van der Waals surface area (Å²) in [6.45, 7) is 0. The molecule has 0 spiro atoms. The summed E-state index contributed by atoms with van der Waals surface area (Å²) in [6.07, 6.45) is 1.45. The van der Waals surface area contributed by atoms with Gasteiger partial charge in [-0.3, -0.25) is 4.68 Å². The summed E-state index contributed by atoms with van der Waals surface area (Å²) in [5.41, 5.74) is 0.866. The lowest BCUT2D eigenvalue weighted by atomic mass is 10.3. The van der Waals surface area contributed by atoms with E-state index in [1.165, 1.54) is 16.9 Å². The fourth-order valence-electron chi connectivity index (χ4n) is 1.19. The normalized spacial score (nSPS) is 10.5. The number of carbonyl (C=O) groups is 1. The Balaban J connectivity index is 2.50. The molecule has 0 amide bonds. The minimum absolute atomic E-state index is 0.234. The number of hydrogen-bond acceptors (Lipinski definition) is 4. The molecule has 0 aliphatic carbocycles. The highest BCUT2D eigenvalue weighted by Gasteiger charge is 2.17. The van der Waals surface area contributed by atoms with Gasteiger partial charge in [0.05, 0.1) is 11.2 Å². The van der Waals surface area contributed by atoms with E-state index in [9.17, 15) is 4.79 Å². The third-order valence-corrected chi connectivity index (χ3v) is 2.13. The predicted molar refractivity (Wildman–Crippen MR) is 50.7 cm³/mol. The number of carboxylic acids is 1. The molecule has 2 aromatic rings. The van der Waals surface area contributed by atoms with Crippen molar-refractivity contribution >= 4 is 17.6 Å². The van der Waals surface area contributed by atoms with Crippen molar-refractivity contribution in [2.75, 3.05) is 0 Å². The highest BCUT2D eigenvalue weighted by atomic mass is 35.5. The zero-order chi connectivity index (χ0) is 11.0. The molecule has 0 aromatic carbocycles. The lowest BCUT2D eigenvalue weighted by Crippen LogP contribution is -1.94. The van der Waals surface area contributed by atoms with Crippen molar-refractivity contribution in [1.82, 2.24) is 14.9 Å². The smallest absolute Gasteiger partial charge is 0.374 e. The molecule has 0 aliphatic rings. The average molecular weight is 228 g/mol. The number of rotatable bonds is 2. The Hall–Kier alpha value is -1.82. The topological polar surface area (TPSA) is 81.2 Å². The van der Waals surface area contributed by atoms with E-state index in [0.29, 0.717) is 16.4 Å². The van der Waals surface area contributed by atoms with Crippen LogP contribution >= 0.6 is 11.6 Å². The van der Waals surface area contributed by atoms with Crippen LogP contribution < -0.4 is 0 Å². The molecule has 0 saturated carbocycles. The average Bonchev–Trinajstić information content (AvgIpc) is 2.73. The summed E-state index contributed by atoms with van der Waals surface area (Å²) in [7, 11) is 1.68. The van der Waals surface area contributed by atoms with Gasteiger partial charge in [0.1, 0.15) is 11.4 Å². The van der Waals surface area contributed by atoms with Crippen molar-refractivity contribution in [3.05, 3.63) is 23.0 Å². The highest BCUT2D eigenvalue weighted by Crippen LogP contribution is 2.26.